The Labute approximate surface area is 132 Å². The number of allylic oxidation sites excluding steroid dienone is 2. The standard InChI is InChI=1S/C22H18/c1-3-17(2)21-10-7-11-22(16-21)20-14-12-19(13-15-20)18-8-5-4-6-9-18/h3-16H,1-2H2. The van der Waals surface area contributed by atoms with Crippen LogP contribution in [0.2, 0.25) is 0 Å². The molecule has 0 aliphatic heterocycles. The minimum Gasteiger partial charge on any atom is -0.0985 e. The molecule has 0 saturated heterocycles. The van der Waals surface area contributed by atoms with Gasteiger partial charge in [-0.25, -0.2) is 0 Å². The van der Waals surface area contributed by atoms with Crippen molar-refractivity contribution in [3.05, 3.63) is 104 Å². The lowest BCUT2D eigenvalue weighted by atomic mass is 9.97. The Hall–Kier alpha value is -2.86. The second-order valence-electron chi connectivity index (χ2n) is 5.25. The normalized spacial score (nSPS) is 10.2. The van der Waals surface area contributed by atoms with E-state index >= 15 is 0 Å². The summed E-state index contributed by atoms with van der Waals surface area (Å²) in [4.78, 5) is 0. The summed E-state index contributed by atoms with van der Waals surface area (Å²) in [5.41, 5.74) is 6.93. The molecule has 0 nitrogen and oxygen atoms in total. The molecule has 0 N–H and O–H groups in total. The van der Waals surface area contributed by atoms with E-state index in [4.69, 9.17) is 0 Å². The SMILES string of the molecule is C=CC(=C)c1cccc(-c2ccc(-c3ccccc3)cc2)c1. The first-order chi connectivity index (χ1) is 10.8. The lowest BCUT2D eigenvalue weighted by Crippen LogP contribution is -1.83. The Morgan fingerprint density at radius 2 is 1.18 bits per heavy atom. The third-order valence-electron chi connectivity index (χ3n) is 3.81. The number of hydrogen-bond acceptors (Lipinski definition) is 0. The minimum absolute atomic E-state index is 0.947. The van der Waals surface area contributed by atoms with E-state index in [2.05, 4.69) is 86.0 Å². The van der Waals surface area contributed by atoms with Crippen LogP contribution in [0.5, 0.6) is 0 Å². The van der Waals surface area contributed by atoms with E-state index in [0.29, 0.717) is 0 Å². The average Bonchev–Trinajstić information content (AvgIpc) is 2.62. The van der Waals surface area contributed by atoms with Gasteiger partial charge in [-0.15, -0.1) is 0 Å². The van der Waals surface area contributed by atoms with Gasteiger partial charge in [0.2, 0.25) is 0 Å². The van der Waals surface area contributed by atoms with Gasteiger partial charge in [0.1, 0.15) is 0 Å². The highest BCUT2D eigenvalue weighted by Crippen LogP contribution is 2.26. The van der Waals surface area contributed by atoms with Gasteiger partial charge in [-0.05, 0) is 39.5 Å². The molecule has 106 valence electrons. The molecule has 0 aromatic heterocycles. The Kier molecular flexibility index (Phi) is 4.02. The molecule has 0 heteroatoms. The highest BCUT2D eigenvalue weighted by Gasteiger charge is 2.02. The summed E-state index contributed by atoms with van der Waals surface area (Å²) in [7, 11) is 0. The molecule has 0 bridgehead atoms. The molecule has 0 amide bonds. The van der Waals surface area contributed by atoms with Crippen LogP contribution < -0.4 is 0 Å². The maximum Gasteiger partial charge on any atom is -0.0178 e. The molecule has 0 aliphatic carbocycles. The van der Waals surface area contributed by atoms with Gasteiger partial charge in [0.15, 0.2) is 0 Å². The maximum atomic E-state index is 4.01. The second kappa shape index (κ2) is 6.28. The molecule has 0 radical (unpaired) electrons. The third kappa shape index (κ3) is 2.91. The number of rotatable bonds is 4. The molecule has 3 aromatic carbocycles. The third-order valence-corrected chi connectivity index (χ3v) is 3.81. The van der Waals surface area contributed by atoms with Crippen molar-refractivity contribution in [1.29, 1.82) is 0 Å². The molecule has 3 aromatic rings. The largest absolute Gasteiger partial charge is 0.0985 e. The van der Waals surface area contributed by atoms with Crippen molar-refractivity contribution in [3.8, 4) is 22.3 Å². The van der Waals surface area contributed by atoms with Crippen LogP contribution in [-0.4, -0.2) is 0 Å². The van der Waals surface area contributed by atoms with E-state index in [1.807, 2.05) is 6.07 Å². The number of hydrogen-bond donors (Lipinski definition) is 0. The summed E-state index contributed by atoms with van der Waals surface area (Å²) >= 11 is 0. The van der Waals surface area contributed by atoms with Crippen LogP contribution in [0, 0.1) is 0 Å². The van der Waals surface area contributed by atoms with Crippen LogP contribution in [0.15, 0.2) is 98.1 Å². The quantitative estimate of drug-likeness (QED) is 0.498. The summed E-state index contributed by atoms with van der Waals surface area (Å²) in [6.07, 6.45) is 1.79. The monoisotopic (exact) mass is 282 g/mol. The van der Waals surface area contributed by atoms with Crippen LogP contribution >= 0.6 is 0 Å². The topological polar surface area (TPSA) is 0 Å². The van der Waals surface area contributed by atoms with Crippen molar-refractivity contribution >= 4 is 5.57 Å². The van der Waals surface area contributed by atoms with Crippen LogP contribution in [0.4, 0.5) is 0 Å². The lowest BCUT2D eigenvalue weighted by Gasteiger charge is -2.07. The van der Waals surface area contributed by atoms with E-state index in [1.165, 1.54) is 22.3 Å². The summed E-state index contributed by atoms with van der Waals surface area (Å²) in [6, 6.07) is 27.5. The predicted octanol–water partition coefficient (Wildman–Crippen LogP) is 6.22. The van der Waals surface area contributed by atoms with E-state index in [-0.39, 0.29) is 0 Å². The van der Waals surface area contributed by atoms with Crippen molar-refractivity contribution < 1.29 is 0 Å². The van der Waals surface area contributed by atoms with Gasteiger partial charge < -0.3 is 0 Å². The molecule has 0 aliphatic rings. The Morgan fingerprint density at radius 1 is 0.636 bits per heavy atom. The zero-order valence-electron chi connectivity index (χ0n) is 12.5. The Balaban J connectivity index is 1.93. The van der Waals surface area contributed by atoms with Crippen molar-refractivity contribution in [2.45, 2.75) is 0 Å². The van der Waals surface area contributed by atoms with Gasteiger partial charge in [0, 0.05) is 0 Å². The fraction of sp³-hybridized carbons (Fsp3) is 0. The molecule has 0 fully saturated rings. The zero-order valence-corrected chi connectivity index (χ0v) is 12.5. The van der Waals surface area contributed by atoms with E-state index < -0.39 is 0 Å². The van der Waals surface area contributed by atoms with Gasteiger partial charge >= 0.3 is 0 Å². The molecule has 0 spiro atoms. The smallest absolute Gasteiger partial charge is 0.0178 e. The van der Waals surface area contributed by atoms with Crippen molar-refractivity contribution in [2.24, 2.45) is 0 Å². The second-order valence-corrected chi connectivity index (χ2v) is 5.25. The molecule has 0 atom stereocenters. The fourth-order valence-corrected chi connectivity index (χ4v) is 2.50. The average molecular weight is 282 g/mol. The maximum absolute atomic E-state index is 4.01. The van der Waals surface area contributed by atoms with Crippen molar-refractivity contribution in [3.63, 3.8) is 0 Å². The van der Waals surface area contributed by atoms with Crippen LogP contribution in [0.3, 0.4) is 0 Å². The van der Waals surface area contributed by atoms with Gasteiger partial charge in [-0.3, -0.25) is 0 Å². The molecule has 0 heterocycles. The van der Waals surface area contributed by atoms with Gasteiger partial charge in [-0.1, -0.05) is 92.0 Å². The Morgan fingerprint density at radius 3 is 1.82 bits per heavy atom. The summed E-state index contributed by atoms with van der Waals surface area (Å²) in [5.74, 6) is 0. The highest BCUT2D eigenvalue weighted by molar-refractivity contribution is 5.77. The van der Waals surface area contributed by atoms with Crippen molar-refractivity contribution in [2.75, 3.05) is 0 Å². The van der Waals surface area contributed by atoms with E-state index in [0.717, 1.165) is 11.1 Å². The first-order valence-electron chi connectivity index (χ1n) is 7.35. The number of benzene rings is 3. The van der Waals surface area contributed by atoms with Crippen molar-refractivity contribution in [1.82, 2.24) is 0 Å². The van der Waals surface area contributed by atoms with Gasteiger partial charge in [0.05, 0.1) is 0 Å². The summed E-state index contributed by atoms with van der Waals surface area (Å²) in [6.45, 7) is 7.80. The Bertz CT molecular complexity index is 793. The van der Waals surface area contributed by atoms with E-state index in [9.17, 15) is 0 Å². The first-order valence-corrected chi connectivity index (χ1v) is 7.35. The molecule has 22 heavy (non-hydrogen) atoms. The first kappa shape index (κ1) is 14.1. The molecular weight excluding hydrogens is 264 g/mol. The van der Waals surface area contributed by atoms with Gasteiger partial charge in [-0.2, -0.15) is 0 Å². The zero-order chi connectivity index (χ0) is 15.4. The summed E-state index contributed by atoms with van der Waals surface area (Å²) in [5, 5.41) is 0. The lowest BCUT2D eigenvalue weighted by molar-refractivity contribution is 1.57. The van der Waals surface area contributed by atoms with Gasteiger partial charge in [0.25, 0.3) is 0 Å². The molecule has 0 saturated carbocycles. The van der Waals surface area contributed by atoms with Crippen LogP contribution in [0.25, 0.3) is 27.8 Å². The predicted molar refractivity (Wildman–Crippen MR) is 96.5 cm³/mol. The minimum atomic E-state index is 0.947. The van der Waals surface area contributed by atoms with E-state index in [1.54, 1.807) is 6.08 Å². The molecule has 3 rings (SSSR count). The van der Waals surface area contributed by atoms with Crippen LogP contribution in [-0.2, 0) is 0 Å². The summed E-state index contributed by atoms with van der Waals surface area (Å²) < 4.78 is 0. The van der Waals surface area contributed by atoms with Crippen LogP contribution in [0.1, 0.15) is 5.56 Å². The molecular formula is C22H18. The molecule has 0 unspecified atom stereocenters. The fourth-order valence-electron chi connectivity index (χ4n) is 2.50. The highest BCUT2D eigenvalue weighted by atomic mass is 14.1.